The molecule has 0 fully saturated rings. The van der Waals surface area contributed by atoms with E-state index in [0.29, 0.717) is 6.54 Å². The number of hydrogen-bond acceptors (Lipinski definition) is 4. The lowest BCUT2D eigenvalue weighted by Crippen LogP contribution is -2.35. The van der Waals surface area contributed by atoms with Gasteiger partial charge in [-0.25, -0.2) is 4.98 Å². The van der Waals surface area contributed by atoms with Gasteiger partial charge in [-0.15, -0.1) is 0 Å². The maximum Gasteiger partial charge on any atom is 0.257 e. The maximum atomic E-state index is 12.1. The molecule has 0 amide bonds. The number of rotatable bonds is 2. The molecule has 118 valence electrons. The third-order valence-electron chi connectivity index (χ3n) is 4.54. The van der Waals surface area contributed by atoms with Crippen LogP contribution in [0.3, 0.4) is 0 Å². The maximum absolute atomic E-state index is 12.1. The summed E-state index contributed by atoms with van der Waals surface area (Å²) in [6.07, 6.45) is 2.93. The molecule has 1 aliphatic heterocycles. The predicted molar refractivity (Wildman–Crippen MR) is 90.0 cm³/mol. The lowest BCUT2D eigenvalue weighted by molar-refractivity contribution is 0.242. The first-order valence-electron chi connectivity index (χ1n) is 7.74. The van der Waals surface area contributed by atoms with Crippen LogP contribution >= 0.6 is 0 Å². The van der Waals surface area contributed by atoms with E-state index in [2.05, 4.69) is 56.9 Å². The number of nitrogens with one attached hydrogen (secondary N) is 1. The van der Waals surface area contributed by atoms with Crippen molar-refractivity contribution in [1.82, 2.24) is 19.4 Å². The summed E-state index contributed by atoms with van der Waals surface area (Å²) >= 11 is 0. The van der Waals surface area contributed by atoms with E-state index in [1.54, 1.807) is 0 Å². The van der Waals surface area contributed by atoms with Crippen LogP contribution in [0.5, 0.6) is 0 Å². The number of aromatic amines is 1. The first kappa shape index (κ1) is 14.0. The summed E-state index contributed by atoms with van der Waals surface area (Å²) in [5, 5.41) is 1.27. The summed E-state index contributed by atoms with van der Waals surface area (Å²) in [7, 11) is 2.06. The molecule has 3 heterocycles. The van der Waals surface area contributed by atoms with Crippen LogP contribution in [0.4, 0.5) is 5.95 Å². The Labute approximate surface area is 133 Å². The van der Waals surface area contributed by atoms with Crippen LogP contribution in [-0.2, 0) is 26.6 Å². The molecule has 0 bridgehead atoms. The quantitative estimate of drug-likeness (QED) is 0.750. The van der Waals surface area contributed by atoms with Gasteiger partial charge in [-0.05, 0) is 11.6 Å². The minimum Gasteiger partial charge on any atom is -0.369 e. The van der Waals surface area contributed by atoms with Crippen molar-refractivity contribution >= 4 is 16.9 Å². The first-order valence-corrected chi connectivity index (χ1v) is 7.74. The fourth-order valence-corrected chi connectivity index (χ4v) is 3.43. The molecule has 4 rings (SSSR count). The second-order valence-electron chi connectivity index (χ2n) is 6.12. The van der Waals surface area contributed by atoms with Crippen molar-refractivity contribution in [2.24, 2.45) is 7.05 Å². The van der Waals surface area contributed by atoms with E-state index in [1.807, 2.05) is 0 Å². The average molecular weight is 309 g/mol. The highest BCUT2D eigenvalue weighted by Crippen LogP contribution is 2.23. The largest absolute Gasteiger partial charge is 0.369 e. The fraction of sp³-hybridized carbons (Fsp3) is 0.294. The van der Waals surface area contributed by atoms with Gasteiger partial charge in [0.1, 0.15) is 0 Å². The highest BCUT2D eigenvalue weighted by atomic mass is 16.1. The minimum atomic E-state index is -0.116. The second kappa shape index (κ2) is 5.24. The molecule has 0 unspecified atom stereocenters. The van der Waals surface area contributed by atoms with Crippen molar-refractivity contribution in [2.45, 2.75) is 19.5 Å². The molecule has 0 aliphatic carbocycles. The van der Waals surface area contributed by atoms with Gasteiger partial charge in [0.05, 0.1) is 11.3 Å². The number of fused-ring (bicyclic) bond motifs is 2. The molecule has 0 radical (unpaired) electrons. The van der Waals surface area contributed by atoms with Gasteiger partial charge in [0.15, 0.2) is 0 Å². The van der Waals surface area contributed by atoms with Gasteiger partial charge in [0, 0.05) is 50.2 Å². The molecular formula is C17H19N5O. The van der Waals surface area contributed by atoms with E-state index in [4.69, 9.17) is 5.73 Å². The Bertz CT molecular complexity index is 940. The smallest absolute Gasteiger partial charge is 0.257 e. The average Bonchev–Trinajstić information content (AvgIpc) is 2.85. The molecular weight excluding hydrogens is 290 g/mol. The monoisotopic (exact) mass is 309 g/mol. The van der Waals surface area contributed by atoms with Crippen LogP contribution < -0.4 is 11.3 Å². The summed E-state index contributed by atoms with van der Waals surface area (Å²) in [6, 6.07) is 8.40. The van der Waals surface area contributed by atoms with Gasteiger partial charge >= 0.3 is 0 Å². The molecule has 1 aromatic carbocycles. The molecule has 0 atom stereocenters. The van der Waals surface area contributed by atoms with Crippen molar-refractivity contribution in [3.05, 3.63) is 57.6 Å². The Morgan fingerprint density at radius 2 is 2.17 bits per heavy atom. The Balaban J connectivity index is 1.64. The molecule has 23 heavy (non-hydrogen) atoms. The zero-order valence-electron chi connectivity index (χ0n) is 13.0. The summed E-state index contributed by atoms with van der Waals surface area (Å²) in [4.78, 5) is 21.2. The summed E-state index contributed by atoms with van der Waals surface area (Å²) < 4.78 is 2.15. The Morgan fingerprint density at radius 1 is 1.35 bits per heavy atom. The molecule has 0 spiro atoms. The van der Waals surface area contributed by atoms with Gasteiger partial charge in [-0.3, -0.25) is 14.7 Å². The number of para-hydroxylation sites is 1. The van der Waals surface area contributed by atoms with Crippen molar-refractivity contribution in [3.63, 3.8) is 0 Å². The van der Waals surface area contributed by atoms with Crippen molar-refractivity contribution in [3.8, 4) is 0 Å². The van der Waals surface area contributed by atoms with E-state index < -0.39 is 0 Å². The summed E-state index contributed by atoms with van der Waals surface area (Å²) in [5.74, 6) is 0.205. The molecule has 1 aliphatic rings. The Kier molecular flexibility index (Phi) is 3.20. The highest BCUT2D eigenvalue weighted by Gasteiger charge is 2.21. The van der Waals surface area contributed by atoms with Crippen LogP contribution in [0, 0.1) is 0 Å². The molecule has 2 aromatic heterocycles. The van der Waals surface area contributed by atoms with Crippen molar-refractivity contribution < 1.29 is 0 Å². The Morgan fingerprint density at radius 3 is 3.04 bits per heavy atom. The van der Waals surface area contributed by atoms with Crippen LogP contribution in [0.25, 0.3) is 10.9 Å². The van der Waals surface area contributed by atoms with E-state index in [1.165, 1.54) is 16.5 Å². The molecule has 3 aromatic rings. The number of nitrogens with zero attached hydrogens (tertiary/aromatic N) is 3. The standard InChI is InChI=1S/C17H19N5O/c1-21-8-11(12-4-2-3-5-15(12)21)9-22-7-6-14-13(10-22)16(23)20-17(18)19-14/h2-5,8H,6-7,9-10H2,1H3,(H3,18,19,20,23). The topological polar surface area (TPSA) is 79.9 Å². The van der Waals surface area contributed by atoms with E-state index in [9.17, 15) is 4.79 Å². The van der Waals surface area contributed by atoms with Crippen LogP contribution in [0.15, 0.2) is 35.3 Å². The zero-order chi connectivity index (χ0) is 16.0. The second-order valence-corrected chi connectivity index (χ2v) is 6.12. The lowest BCUT2D eigenvalue weighted by atomic mass is 10.1. The predicted octanol–water partition coefficient (Wildman–Crippen LogP) is 1.40. The van der Waals surface area contributed by atoms with Gasteiger partial charge in [0.25, 0.3) is 5.56 Å². The van der Waals surface area contributed by atoms with Crippen LogP contribution in [0.1, 0.15) is 16.8 Å². The molecule has 0 saturated carbocycles. The molecule has 0 saturated heterocycles. The van der Waals surface area contributed by atoms with Gasteiger partial charge in [0.2, 0.25) is 5.95 Å². The number of anilines is 1. The number of nitrogens with two attached hydrogens (primary N) is 1. The summed E-state index contributed by atoms with van der Waals surface area (Å²) in [5.41, 5.74) is 9.59. The number of aryl methyl sites for hydroxylation is 1. The van der Waals surface area contributed by atoms with Gasteiger partial charge in [-0.1, -0.05) is 18.2 Å². The van der Waals surface area contributed by atoms with Crippen molar-refractivity contribution in [2.75, 3.05) is 12.3 Å². The minimum absolute atomic E-state index is 0.116. The van der Waals surface area contributed by atoms with Crippen LogP contribution in [0.2, 0.25) is 0 Å². The van der Waals surface area contributed by atoms with E-state index >= 15 is 0 Å². The molecule has 3 N–H and O–H groups in total. The Hall–Kier alpha value is -2.60. The fourth-order valence-electron chi connectivity index (χ4n) is 3.43. The third kappa shape index (κ3) is 2.41. The molecule has 6 nitrogen and oxygen atoms in total. The number of H-pyrrole nitrogens is 1. The summed E-state index contributed by atoms with van der Waals surface area (Å²) in [6.45, 7) is 2.32. The number of hydrogen-bond donors (Lipinski definition) is 2. The number of aromatic nitrogens is 3. The molecule has 6 heteroatoms. The van der Waals surface area contributed by atoms with E-state index in [-0.39, 0.29) is 11.5 Å². The first-order chi connectivity index (χ1) is 11.1. The SMILES string of the molecule is Cn1cc(CN2CCc3nc(N)[nH]c(=O)c3C2)c2ccccc21. The third-order valence-corrected chi connectivity index (χ3v) is 4.54. The van der Waals surface area contributed by atoms with Gasteiger partial charge in [-0.2, -0.15) is 0 Å². The van der Waals surface area contributed by atoms with Crippen LogP contribution in [-0.4, -0.2) is 26.0 Å². The zero-order valence-corrected chi connectivity index (χ0v) is 13.0. The number of benzene rings is 1. The normalized spacial score (nSPS) is 15.0. The van der Waals surface area contributed by atoms with Crippen molar-refractivity contribution in [1.29, 1.82) is 0 Å². The number of nitrogen functional groups attached to an aromatic ring is 1. The van der Waals surface area contributed by atoms with E-state index in [0.717, 1.165) is 30.8 Å². The lowest BCUT2D eigenvalue weighted by Gasteiger charge is -2.27. The van der Waals surface area contributed by atoms with Gasteiger partial charge < -0.3 is 10.3 Å². The highest BCUT2D eigenvalue weighted by molar-refractivity contribution is 5.83.